The van der Waals surface area contributed by atoms with E-state index in [1.54, 1.807) is 0 Å². The van der Waals surface area contributed by atoms with Crippen molar-refractivity contribution in [3.63, 3.8) is 0 Å². The SMILES string of the molecule is C[N+](C)(C)C[C@H]1CCCC1=O.[I-]. The fourth-order valence-electron chi connectivity index (χ4n) is 1.74. The van der Waals surface area contributed by atoms with Gasteiger partial charge in [-0.25, -0.2) is 0 Å². The molecular formula is C9H18INO. The van der Waals surface area contributed by atoms with Crippen LogP contribution in [0.4, 0.5) is 0 Å². The topological polar surface area (TPSA) is 17.1 Å². The number of rotatable bonds is 2. The van der Waals surface area contributed by atoms with E-state index in [4.69, 9.17) is 0 Å². The van der Waals surface area contributed by atoms with E-state index in [1.165, 1.54) is 0 Å². The number of Topliss-reactive ketones (excluding diaryl/α,β-unsaturated/α-hetero) is 1. The third-order valence-corrected chi connectivity index (χ3v) is 2.20. The fraction of sp³-hybridized carbons (Fsp3) is 0.889. The summed E-state index contributed by atoms with van der Waals surface area (Å²) in [6.45, 7) is 1.01. The van der Waals surface area contributed by atoms with Gasteiger partial charge in [0.15, 0.2) is 0 Å². The molecule has 1 fully saturated rings. The number of carbonyl (C=O) groups is 1. The zero-order valence-electron chi connectivity index (χ0n) is 8.14. The van der Waals surface area contributed by atoms with Crippen molar-refractivity contribution in [1.29, 1.82) is 0 Å². The number of quaternary nitrogens is 1. The van der Waals surface area contributed by atoms with Crippen molar-refractivity contribution in [1.82, 2.24) is 0 Å². The van der Waals surface area contributed by atoms with E-state index in [-0.39, 0.29) is 24.0 Å². The Morgan fingerprint density at radius 2 is 2.00 bits per heavy atom. The number of nitrogens with zero attached hydrogens (tertiary/aromatic N) is 1. The van der Waals surface area contributed by atoms with Crippen LogP contribution in [0.1, 0.15) is 19.3 Å². The maximum atomic E-state index is 11.2. The fourth-order valence-corrected chi connectivity index (χ4v) is 1.74. The van der Waals surface area contributed by atoms with Crippen LogP contribution < -0.4 is 24.0 Å². The van der Waals surface area contributed by atoms with E-state index in [0.29, 0.717) is 11.7 Å². The first-order valence-corrected chi connectivity index (χ1v) is 4.32. The van der Waals surface area contributed by atoms with Crippen LogP contribution in [0.25, 0.3) is 0 Å². The number of carbonyl (C=O) groups excluding carboxylic acids is 1. The lowest BCUT2D eigenvalue weighted by Crippen LogP contribution is -3.00. The molecule has 3 heteroatoms. The molecule has 0 radical (unpaired) electrons. The van der Waals surface area contributed by atoms with E-state index in [9.17, 15) is 4.79 Å². The minimum atomic E-state index is 0. The summed E-state index contributed by atoms with van der Waals surface area (Å²) in [4.78, 5) is 11.2. The number of halogens is 1. The highest BCUT2D eigenvalue weighted by Gasteiger charge is 2.28. The van der Waals surface area contributed by atoms with Gasteiger partial charge in [-0.15, -0.1) is 0 Å². The molecule has 1 aliphatic rings. The lowest BCUT2D eigenvalue weighted by Gasteiger charge is -2.26. The maximum Gasteiger partial charge on any atom is 0.141 e. The summed E-state index contributed by atoms with van der Waals surface area (Å²) in [5, 5.41) is 0. The summed E-state index contributed by atoms with van der Waals surface area (Å²) < 4.78 is 0.913. The second-order valence-electron chi connectivity index (χ2n) is 4.53. The molecule has 0 aromatic heterocycles. The predicted octanol–water partition coefficient (Wildman–Crippen LogP) is -1.93. The summed E-state index contributed by atoms with van der Waals surface area (Å²) >= 11 is 0. The molecule has 2 nitrogen and oxygen atoms in total. The largest absolute Gasteiger partial charge is 1.00 e. The maximum absolute atomic E-state index is 11.2. The summed E-state index contributed by atoms with van der Waals surface area (Å²) in [6, 6.07) is 0. The van der Waals surface area contributed by atoms with Gasteiger partial charge in [-0.3, -0.25) is 4.79 Å². The second kappa shape index (κ2) is 4.56. The molecule has 72 valence electrons. The van der Waals surface area contributed by atoms with Crippen LogP contribution in [0.15, 0.2) is 0 Å². The molecule has 0 N–H and O–H groups in total. The van der Waals surface area contributed by atoms with Gasteiger partial charge in [0.2, 0.25) is 0 Å². The molecule has 0 unspecified atom stereocenters. The van der Waals surface area contributed by atoms with Crippen LogP contribution in [0, 0.1) is 5.92 Å². The lowest BCUT2D eigenvalue weighted by molar-refractivity contribution is -0.872. The molecule has 0 amide bonds. The monoisotopic (exact) mass is 283 g/mol. The van der Waals surface area contributed by atoms with Crippen molar-refractivity contribution in [2.75, 3.05) is 27.7 Å². The molecular weight excluding hydrogens is 265 g/mol. The molecule has 0 saturated heterocycles. The average Bonchev–Trinajstić information content (AvgIpc) is 2.12. The van der Waals surface area contributed by atoms with Crippen LogP contribution in [-0.2, 0) is 4.79 Å². The molecule has 1 atom stereocenters. The van der Waals surface area contributed by atoms with Crippen molar-refractivity contribution in [3.05, 3.63) is 0 Å². The van der Waals surface area contributed by atoms with Crippen LogP contribution in [-0.4, -0.2) is 38.0 Å². The minimum Gasteiger partial charge on any atom is -1.00 e. The highest BCUT2D eigenvalue weighted by molar-refractivity contribution is 5.82. The summed E-state index contributed by atoms with van der Waals surface area (Å²) in [6.07, 6.45) is 3.06. The van der Waals surface area contributed by atoms with Gasteiger partial charge in [-0.1, -0.05) is 0 Å². The Hall–Kier alpha value is 0.360. The predicted molar refractivity (Wildman–Crippen MR) is 45.2 cm³/mol. The van der Waals surface area contributed by atoms with Crippen LogP contribution >= 0.6 is 0 Å². The molecule has 0 bridgehead atoms. The van der Waals surface area contributed by atoms with Crippen molar-refractivity contribution in [2.45, 2.75) is 19.3 Å². The summed E-state index contributed by atoms with van der Waals surface area (Å²) in [5.41, 5.74) is 0. The van der Waals surface area contributed by atoms with Gasteiger partial charge in [0.1, 0.15) is 5.78 Å². The zero-order valence-corrected chi connectivity index (χ0v) is 10.3. The molecule has 0 aromatic carbocycles. The Morgan fingerprint density at radius 3 is 2.33 bits per heavy atom. The van der Waals surface area contributed by atoms with Gasteiger partial charge in [0.05, 0.1) is 33.6 Å². The standard InChI is InChI=1S/C9H18NO.HI/c1-10(2,3)7-8-5-4-6-9(8)11;/h8H,4-7H2,1-3H3;1H/q+1;/p-1/t8-;/m1./s1. The molecule has 0 heterocycles. The summed E-state index contributed by atoms with van der Waals surface area (Å²) in [7, 11) is 6.43. The van der Waals surface area contributed by atoms with Crippen molar-refractivity contribution >= 4 is 5.78 Å². The Balaban J connectivity index is 0.00000121. The number of ketones is 1. The van der Waals surface area contributed by atoms with Gasteiger partial charge in [0, 0.05) is 6.42 Å². The smallest absolute Gasteiger partial charge is 0.141 e. The Kier molecular flexibility index (Phi) is 4.69. The second-order valence-corrected chi connectivity index (χ2v) is 4.53. The molecule has 1 rings (SSSR count). The highest BCUT2D eigenvalue weighted by Crippen LogP contribution is 2.22. The van der Waals surface area contributed by atoms with Gasteiger partial charge in [0.25, 0.3) is 0 Å². The van der Waals surface area contributed by atoms with Crippen molar-refractivity contribution < 1.29 is 33.3 Å². The quantitative estimate of drug-likeness (QED) is 0.426. The van der Waals surface area contributed by atoms with E-state index in [1.807, 2.05) is 0 Å². The Labute approximate surface area is 91.9 Å². The zero-order chi connectivity index (χ0) is 8.48. The van der Waals surface area contributed by atoms with Gasteiger partial charge >= 0.3 is 0 Å². The highest BCUT2D eigenvalue weighted by atomic mass is 127. The van der Waals surface area contributed by atoms with Crippen LogP contribution in [0.3, 0.4) is 0 Å². The minimum absolute atomic E-state index is 0. The van der Waals surface area contributed by atoms with Gasteiger partial charge in [-0.05, 0) is 12.8 Å². The molecule has 1 saturated carbocycles. The first-order valence-electron chi connectivity index (χ1n) is 4.32. The van der Waals surface area contributed by atoms with Gasteiger partial charge in [-0.2, -0.15) is 0 Å². The van der Waals surface area contributed by atoms with E-state index in [2.05, 4.69) is 21.1 Å². The molecule has 1 aliphatic carbocycles. The van der Waals surface area contributed by atoms with Crippen LogP contribution in [0.5, 0.6) is 0 Å². The molecule has 0 aromatic rings. The molecule has 0 spiro atoms. The normalized spacial score (nSPS) is 23.9. The molecule has 12 heavy (non-hydrogen) atoms. The van der Waals surface area contributed by atoms with E-state index in [0.717, 1.165) is 30.3 Å². The van der Waals surface area contributed by atoms with E-state index >= 15 is 0 Å². The Morgan fingerprint density at radius 1 is 1.42 bits per heavy atom. The third-order valence-electron chi connectivity index (χ3n) is 2.20. The van der Waals surface area contributed by atoms with Crippen LogP contribution in [0.2, 0.25) is 0 Å². The first kappa shape index (κ1) is 12.4. The summed E-state index contributed by atoms with van der Waals surface area (Å²) in [5.74, 6) is 0.841. The first-order chi connectivity index (χ1) is 4.99. The number of hydrogen-bond donors (Lipinski definition) is 0. The number of hydrogen-bond acceptors (Lipinski definition) is 1. The van der Waals surface area contributed by atoms with Crippen molar-refractivity contribution in [3.8, 4) is 0 Å². The van der Waals surface area contributed by atoms with E-state index < -0.39 is 0 Å². The molecule has 0 aliphatic heterocycles. The van der Waals surface area contributed by atoms with Gasteiger partial charge < -0.3 is 28.5 Å². The van der Waals surface area contributed by atoms with Crippen molar-refractivity contribution in [2.24, 2.45) is 5.92 Å². The lowest BCUT2D eigenvalue weighted by atomic mass is 10.1. The Bertz CT molecular complexity index is 162. The third kappa shape index (κ3) is 3.85. The average molecular weight is 283 g/mol.